The second-order valence-electron chi connectivity index (χ2n) is 8.14. The maximum Gasteiger partial charge on any atom is 0.251 e. The van der Waals surface area contributed by atoms with Gasteiger partial charge in [0.05, 0.1) is 13.0 Å². The van der Waals surface area contributed by atoms with Gasteiger partial charge in [0, 0.05) is 48.5 Å². The van der Waals surface area contributed by atoms with Gasteiger partial charge in [-0.2, -0.15) is 0 Å². The number of benzene rings is 2. The molecule has 4 rings (SSSR count). The molecule has 1 aliphatic heterocycles. The van der Waals surface area contributed by atoms with Gasteiger partial charge >= 0.3 is 0 Å². The average Bonchev–Trinajstić information content (AvgIpc) is 3.26. The van der Waals surface area contributed by atoms with Crippen LogP contribution in [0.2, 0.25) is 5.02 Å². The Bertz CT molecular complexity index is 926. The fourth-order valence-electron chi connectivity index (χ4n) is 4.51. The number of hydrogen-bond acceptors (Lipinski definition) is 4. The lowest BCUT2D eigenvalue weighted by Gasteiger charge is -2.38. The van der Waals surface area contributed by atoms with Crippen LogP contribution in [-0.2, 0) is 4.79 Å². The zero-order chi connectivity index (χ0) is 21.8. The fraction of sp³-hybridized carbons (Fsp3) is 0.417. The molecular formula is C24H28ClN3O3. The molecule has 1 aliphatic carbocycles. The van der Waals surface area contributed by atoms with Crippen molar-refractivity contribution in [1.29, 1.82) is 0 Å². The summed E-state index contributed by atoms with van der Waals surface area (Å²) in [7, 11) is 1.60. The highest BCUT2D eigenvalue weighted by Gasteiger charge is 2.37. The predicted molar refractivity (Wildman–Crippen MR) is 122 cm³/mol. The number of carbonyl (C=O) groups is 2. The smallest absolute Gasteiger partial charge is 0.251 e. The molecule has 2 aliphatic rings. The number of anilines is 1. The lowest BCUT2D eigenvalue weighted by molar-refractivity contribution is -0.136. The Kier molecular flexibility index (Phi) is 6.66. The van der Waals surface area contributed by atoms with Crippen molar-refractivity contribution in [3.8, 4) is 5.75 Å². The molecule has 1 saturated carbocycles. The van der Waals surface area contributed by atoms with Gasteiger partial charge in [-0.3, -0.25) is 9.59 Å². The van der Waals surface area contributed by atoms with Crippen LogP contribution >= 0.6 is 11.6 Å². The van der Waals surface area contributed by atoms with E-state index >= 15 is 0 Å². The van der Waals surface area contributed by atoms with Crippen molar-refractivity contribution in [2.45, 2.75) is 25.3 Å². The van der Waals surface area contributed by atoms with E-state index in [2.05, 4.69) is 10.2 Å². The Balaban J connectivity index is 1.34. The Morgan fingerprint density at radius 3 is 2.45 bits per heavy atom. The quantitative estimate of drug-likeness (QED) is 0.770. The van der Waals surface area contributed by atoms with E-state index < -0.39 is 0 Å². The monoisotopic (exact) mass is 441 g/mol. The largest absolute Gasteiger partial charge is 0.497 e. The van der Waals surface area contributed by atoms with E-state index in [0.717, 1.165) is 43.1 Å². The third-order valence-corrected chi connectivity index (χ3v) is 6.50. The summed E-state index contributed by atoms with van der Waals surface area (Å²) in [5, 5.41) is 3.81. The van der Waals surface area contributed by atoms with Crippen molar-refractivity contribution in [1.82, 2.24) is 10.2 Å². The summed E-state index contributed by atoms with van der Waals surface area (Å²) in [6.45, 7) is 2.92. The summed E-state index contributed by atoms with van der Waals surface area (Å²) in [4.78, 5) is 30.1. The minimum absolute atomic E-state index is 0.118. The Hall–Kier alpha value is -2.73. The lowest BCUT2D eigenvalue weighted by atomic mass is 10.0. The first-order chi connectivity index (χ1) is 15.0. The number of methoxy groups -OCH3 is 1. The van der Waals surface area contributed by atoms with Crippen molar-refractivity contribution >= 4 is 29.1 Å². The molecule has 7 heteroatoms. The van der Waals surface area contributed by atoms with Crippen LogP contribution in [0.4, 0.5) is 5.69 Å². The normalized spacial score (nSPS) is 21.1. The molecule has 2 aromatic rings. The minimum atomic E-state index is -0.153. The first kappa shape index (κ1) is 21.5. The number of piperazine rings is 1. The van der Waals surface area contributed by atoms with Crippen LogP contribution in [0.15, 0.2) is 48.5 Å². The molecule has 2 amide bonds. The van der Waals surface area contributed by atoms with Crippen LogP contribution in [0.25, 0.3) is 0 Å². The molecule has 0 unspecified atom stereocenters. The van der Waals surface area contributed by atoms with Gasteiger partial charge in [0.2, 0.25) is 5.91 Å². The van der Waals surface area contributed by atoms with E-state index in [4.69, 9.17) is 16.3 Å². The fourth-order valence-corrected chi connectivity index (χ4v) is 4.70. The van der Waals surface area contributed by atoms with Gasteiger partial charge in [-0.15, -0.1) is 0 Å². The van der Waals surface area contributed by atoms with E-state index in [9.17, 15) is 9.59 Å². The standard InChI is InChI=1S/C24H28ClN3O3/c1-31-20-10-8-17(9-11-20)23(29)26-22-7-3-6-21(22)24(30)28-14-12-27(13-15-28)19-5-2-4-18(25)16-19/h2,4-5,8-11,16,21-22H,3,6-7,12-15H2,1H3,(H,26,29)/t21-,22+/m0/s1. The second kappa shape index (κ2) is 9.60. The number of nitrogens with zero attached hydrogens (tertiary/aromatic N) is 2. The van der Waals surface area contributed by atoms with Crippen LogP contribution in [-0.4, -0.2) is 56.0 Å². The van der Waals surface area contributed by atoms with Gasteiger partial charge in [0.1, 0.15) is 5.75 Å². The molecule has 6 nitrogen and oxygen atoms in total. The van der Waals surface area contributed by atoms with Crippen LogP contribution in [0.1, 0.15) is 29.6 Å². The van der Waals surface area contributed by atoms with Crippen molar-refractivity contribution in [3.05, 3.63) is 59.1 Å². The Morgan fingerprint density at radius 1 is 1.03 bits per heavy atom. The predicted octanol–water partition coefficient (Wildman–Crippen LogP) is 3.60. The number of hydrogen-bond donors (Lipinski definition) is 1. The molecule has 0 bridgehead atoms. The van der Waals surface area contributed by atoms with Gasteiger partial charge in [0.25, 0.3) is 5.91 Å². The van der Waals surface area contributed by atoms with E-state index in [1.165, 1.54) is 0 Å². The van der Waals surface area contributed by atoms with Crippen molar-refractivity contribution in [2.75, 3.05) is 38.2 Å². The lowest BCUT2D eigenvalue weighted by Crippen LogP contribution is -2.52. The van der Waals surface area contributed by atoms with Gasteiger partial charge in [-0.1, -0.05) is 24.1 Å². The molecular weight excluding hydrogens is 414 g/mol. The van der Waals surface area contributed by atoms with Crippen LogP contribution < -0.4 is 15.0 Å². The minimum Gasteiger partial charge on any atom is -0.497 e. The molecule has 2 atom stereocenters. The highest BCUT2D eigenvalue weighted by Crippen LogP contribution is 2.29. The molecule has 2 fully saturated rings. The van der Waals surface area contributed by atoms with Crippen molar-refractivity contribution in [3.63, 3.8) is 0 Å². The maximum absolute atomic E-state index is 13.2. The summed E-state index contributed by atoms with van der Waals surface area (Å²) < 4.78 is 5.15. The zero-order valence-corrected chi connectivity index (χ0v) is 18.5. The molecule has 164 valence electrons. The van der Waals surface area contributed by atoms with Gasteiger partial charge in [-0.05, 0) is 55.3 Å². The molecule has 2 aromatic carbocycles. The SMILES string of the molecule is COc1ccc(C(=O)N[C@@H]2CCC[C@@H]2C(=O)N2CCN(c3cccc(Cl)c3)CC2)cc1. The van der Waals surface area contributed by atoms with Crippen LogP contribution in [0.3, 0.4) is 0 Å². The number of rotatable bonds is 5. The van der Waals surface area contributed by atoms with Gasteiger partial charge in [0.15, 0.2) is 0 Å². The molecule has 1 N–H and O–H groups in total. The number of halogens is 1. The van der Waals surface area contributed by atoms with Crippen molar-refractivity contribution in [2.24, 2.45) is 5.92 Å². The summed E-state index contributed by atoms with van der Waals surface area (Å²) >= 11 is 6.11. The Morgan fingerprint density at radius 2 is 1.77 bits per heavy atom. The summed E-state index contributed by atoms with van der Waals surface area (Å²) in [5.41, 5.74) is 1.67. The maximum atomic E-state index is 13.2. The molecule has 0 aromatic heterocycles. The molecule has 0 spiro atoms. The highest BCUT2D eigenvalue weighted by atomic mass is 35.5. The van der Waals surface area contributed by atoms with E-state index in [-0.39, 0.29) is 23.8 Å². The second-order valence-corrected chi connectivity index (χ2v) is 8.57. The number of nitrogens with one attached hydrogen (secondary N) is 1. The molecule has 31 heavy (non-hydrogen) atoms. The third kappa shape index (κ3) is 4.96. The summed E-state index contributed by atoms with van der Waals surface area (Å²) in [5.74, 6) is 0.573. The van der Waals surface area contributed by atoms with Crippen LogP contribution in [0, 0.1) is 5.92 Å². The first-order valence-electron chi connectivity index (χ1n) is 10.8. The summed E-state index contributed by atoms with van der Waals surface area (Å²) in [6.07, 6.45) is 2.61. The summed E-state index contributed by atoms with van der Waals surface area (Å²) in [6, 6.07) is 14.7. The van der Waals surface area contributed by atoms with Gasteiger partial charge < -0.3 is 19.9 Å². The third-order valence-electron chi connectivity index (χ3n) is 6.27. The molecule has 0 radical (unpaired) electrons. The topological polar surface area (TPSA) is 61.9 Å². The van der Waals surface area contributed by atoms with Gasteiger partial charge in [-0.25, -0.2) is 0 Å². The zero-order valence-electron chi connectivity index (χ0n) is 17.7. The highest BCUT2D eigenvalue weighted by molar-refractivity contribution is 6.30. The number of ether oxygens (including phenoxy) is 1. The van der Waals surface area contributed by atoms with E-state index in [1.54, 1.807) is 31.4 Å². The Labute approximate surface area is 188 Å². The molecule has 1 saturated heterocycles. The number of amides is 2. The van der Waals surface area contributed by atoms with Crippen LogP contribution in [0.5, 0.6) is 5.75 Å². The van der Waals surface area contributed by atoms with E-state index in [1.807, 2.05) is 29.2 Å². The van der Waals surface area contributed by atoms with E-state index in [0.29, 0.717) is 24.4 Å². The molecule has 1 heterocycles. The number of carbonyl (C=O) groups excluding carboxylic acids is 2. The first-order valence-corrected chi connectivity index (χ1v) is 11.2. The average molecular weight is 442 g/mol. The van der Waals surface area contributed by atoms with Crippen molar-refractivity contribution < 1.29 is 14.3 Å².